The molecule has 1 aromatic carbocycles. The van der Waals surface area contributed by atoms with Gasteiger partial charge in [-0.05, 0) is 43.9 Å². The van der Waals surface area contributed by atoms with Gasteiger partial charge < -0.3 is 21.1 Å². The van der Waals surface area contributed by atoms with Gasteiger partial charge in [-0.25, -0.2) is 4.98 Å². The lowest BCUT2D eigenvalue weighted by Gasteiger charge is -2.26. The molecule has 1 aliphatic carbocycles. The Labute approximate surface area is 167 Å². The second-order valence-corrected chi connectivity index (χ2v) is 7.99. The topological polar surface area (TPSA) is 102 Å². The Morgan fingerprint density at radius 1 is 1.18 bits per heavy atom. The van der Waals surface area contributed by atoms with E-state index in [2.05, 4.69) is 20.6 Å². The molecule has 0 spiro atoms. The van der Waals surface area contributed by atoms with Crippen LogP contribution in [0, 0.1) is 0 Å². The molecule has 7 nitrogen and oxygen atoms in total. The molecular formula is C20H23N5O2S. The largest absolute Gasteiger partial charge is 0.457 e. The van der Waals surface area contributed by atoms with Gasteiger partial charge in [-0.15, -0.1) is 0 Å². The minimum atomic E-state index is -0.247. The number of nitrogens with one attached hydrogen (secondary N) is 2. The average molecular weight is 398 g/mol. The summed E-state index contributed by atoms with van der Waals surface area (Å²) >= 11 is 1.62. The summed E-state index contributed by atoms with van der Waals surface area (Å²) in [5, 5.41) is 7.03. The number of hydrogen-bond donors (Lipinski definition) is 3. The molecule has 0 saturated heterocycles. The predicted octanol–water partition coefficient (Wildman–Crippen LogP) is 3.53. The summed E-state index contributed by atoms with van der Waals surface area (Å²) < 4.78 is 6.97. The Hall–Kier alpha value is -2.71. The number of nitrogens with two attached hydrogens (primary N) is 1. The number of ether oxygens (including phenoxy) is 1. The van der Waals surface area contributed by atoms with Crippen LogP contribution in [0.5, 0.6) is 11.5 Å². The zero-order valence-corrected chi connectivity index (χ0v) is 16.5. The molecule has 0 bridgehead atoms. The van der Waals surface area contributed by atoms with Crippen LogP contribution in [0.2, 0.25) is 0 Å². The van der Waals surface area contributed by atoms with Gasteiger partial charge in [0.05, 0.1) is 10.2 Å². The van der Waals surface area contributed by atoms with E-state index >= 15 is 0 Å². The molecule has 146 valence electrons. The maximum Gasteiger partial charge on any atom is 0.269 e. The van der Waals surface area contributed by atoms with Crippen LogP contribution in [-0.4, -0.2) is 35.0 Å². The van der Waals surface area contributed by atoms with Gasteiger partial charge in [0.2, 0.25) is 0 Å². The summed E-state index contributed by atoms with van der Waals surface area (Å²) in [6.07, 6.45) is 5.85. The van der Waals surface area contributed by atoms with E-state index in [0.717, 1.165) is 41.0 Å². The fourth-order valence-electron chi connectivity index (χ4n) is 3.33. The number of anilines is 1. The fraction of sp³-hybridized carbons (Fsp3) is 0.350. The maximum absolute atomic E-state index is 11.7. The molecule has 3 aromatic rings. The zero-order chi connectivity index (χ0) is 19.5. The Bertz CT molecular complexity index is 982. The Kier molecular flexibility index (Phi) is 5.40. The molecular weight excluding hydrogens is 374 g/mol. The molecule has 0 aliphatic heterocycles. The molecule has 2 heterocycles. The normalized spacial score (nSPS) is 19.4. The van der Waals surface area contributed by atoms with Crippen molar-refractivity contribution in [1.82, 2.24) is 15.3 Å². The number of aromatic nitrogens is 2. The lowest BCUT2D eigenvalue weighted by molar-refractivity contribution is 0.0958. The summed E-state index contributed by atoms with van der Waals surface area (Å²) in [4.78, 5) is 20.5. The number of rotatable bonds is 5. The smallest absolute Gasteiger partial charge is 0.269 e. The van der Waals surface area contributed by atoms with E-state index in [1.54, 1.807) is 36.7 Å². The third-order valence-electron chi connectivity index (χ3n) is 4.89. The molecule has 0 radical (unpaired) electrons. The minimum absolute atomic E-state index is 0.247. The lowest BCUT2D eigenvalue weighted by atomic mass is 9.92. The third kappa shape index (κ3) is 4.23. The SMILES string of the molecule is CNC(=O)c1cc(Oc2ccc3nc(NC4CCC(N)CC4)sc3c2)ccn1. The molecule has 1 saturated carbocycles. The van der Waals surface area contributed by atoms with Crippen molar-refractivity contribution >= 4 is 32.6 Å². The Morgan fingerprint density at radius 2 is 1.96 bits per heavy atom. The lowest BCUT2D eigenvalue weighted by Crippen LogP contribution is -2.32. The summed E-state index contributed by atoms with van der Waals surface area (Å²) in [5.41, 5.74) is 7.24. The van der Waals surface area contributed by atoms with Crippen molar-refractivity contribution in [3.8, 4) is 11.5 Å². The first-order chi connectivity index (χ1) is 13.6. The van der Waals surface area contributed by atoms with Crippen LogP contribution in [0.1, 0.15) is 36.2 Å². The van der Waals surface area contributed by atoms with E-state index in [0.29, 0.717) is 29.3 Å². The summed E-state index contributed by atoms with van der Waals surface area (Å²) in [5.74, 6) is 1.01. The number of carbonyl (C=O) groups is 1. The van der Waals surface area contributed by atoms with Gasteiger partial charge >= 0.3 is 0 Å². The molecule has 4 rings (SSSR count). The van der Waals surface area contributed by atoms with Crippen LogP contribution in [0.15, 0.2) is 36.5 Å². The van der Waals surface area contributed by atoms with Gasteiger partial charge in [-0.3, -0.25) is 9.78 Å². The van der Waals surface area contributed by atoms with E-state index in [4.69, 9.17) is 10.5 Å². The van der Waals surface area contributed by atoms with Gasteiger partial charge in [0.1, 0.15) is 17.2 Å². The first-order valence-corrected chi connectivity index (χ1v) is 10.2. The molecule has 0 atom stereocenters. The highest BCUT2D eigenvalue weighted by Gasteiger charge is 2.19. The third-order valence-corrected chi connectivity index (χ3v) is 5.84. The van der Waals surface area contributed by atoms with Gasteiger partial charge in [0.25, 0.3) is 5.91 Å². The molecule has 8 heteroatoms. The molecule has 1 fully saturated rings. The Morgan fingerprint density at radius 3 is 2.75 bits per heavy atom. The van der Waals surface area contributed by atoms with Crippen molar-refractivity contribution in [2.75, 3.05) is 12.4 Å². The van der Waals surface area contributed by atoms with Gasteiger partial charge in [0.15, 0.2) is 5.13 Å². The zero-order valence-electron chi connectivity index (χ0n) is 15.6. The summed E-state index contributed by atoms with van der Waals surface area (Å²) in [6, 6.07) is 9.92. The quantitative estimate of drug-likeness (QED) is 0.609. The number of pyridine rings is 1. The number of thiazole rings is 1. The number of hydrogen-bond acceptors (Lipinski definition) is 7. The van der Waals surface area contributed by atoms with Crippen LogP contribution in [0.25, 0.3) is 10.2 Å². The number of amides is 1. The minimum Gasteiger partial charge on any atom is -0.457 e. The van der Waals surface area contributed by atoms with Crippen molar-refractivity contribution in [2.45, 2.75) is 37.8 Å². The van der Waals surface area contributed by atoms with Crippen molar-refractivity contribution in [2.24, 2.45) is 5.73 Å². The molecule has 0 unspecified atom stereocenters. The van der Waals surface area contributed by atoms with Crippen molar-refractivity contribution in [1.29, 1.82) is 0 Å². The summed E-state index contributed by atoms with van der Waals surface area (Å²) in [6.45, 7) is 0. The highest BCUT2D eigenvalue weighted by atomic mass is 32.1. The monoisotopic (exact) mass is 397 g/mol. The van der Waals surface area contributed by atoms with Crippen molar-refractivity contribution < 1.29 is 9.53 Å². The molecule has 1 aliphatic rings. The van der Waals surface area contributed by atoms with E-state index < -0.39 is 0 Å². The number of fused-ring (bicyclic) bond motifs is 1. The first kappa shape index (κ1) is 18.6. The maximum atomic E-state index is 11.7. The standard InChI is InChI=1S/C20H23N5O2S/c1-22-19(26)17-10-15(8-9-23-17)27-14-6-7-16-18(11-14)28-20(25-16)24-13-4-2-12(21)3-5-13/h6-13H,2-5,21H2,1H3,(H,22,26)(H,24,25). The number of benzene rings is 1. The fourth-order valence-corrected chi connectivity index (χ4v) is 4.30. The van der Waals surface area contributed by atoms with Crippen LogP contribution < -0.4 is 21.1 Å². The second-order valence-electron chi connectivity index (χ2n) is 6.96. The number of carbonyl (C=O) groups excluding carboxylic acids is 1. The summed E-state index contributed by atoms with van der Waals surface area (Å²) in [7, 11) is 1.57. The van der Waals surface area contributed by atoms with Crippen molar-refractivity contribution in [3.63, 3.8) is 0 Å². The van der Waals surface area contributed by atoms with Crippen LogP contribution in [0.3, 0.4) is 0 Å². The van der Waals surface area contributed by atoms with Crippen LogP contribution in [0.4, 0.5) is 5.13 Å². The van der Waals surface area contributed by atoms with Gasteiger partial charge in [-0.1, -0.05) is 11.3 Å². The van der Waals surface area contributed by atoms with E-state index in [-0.39, 0.29) is 5.91 Å². The van der Waals surface area contributed by atoms with E-state index in [1.165, 1.54) is 0 Å². The molecule has 1 amide bonds. The highest BCUT2D eigenvalue weighted by Crippen LogP contribution is 2.32. The molecule has 4 N–H and O–H groups in total. The molecule has 2 aromatic heterocycles. The van der Waals surface area contributed by atoms with Gasteiger partial charge in [-0.2, -0.15) is 0 Å². The van der Waals surface area contributed by atoms with Crippen LogP contribution in [-0.2, 0) is 0 Å². The van der Waals surface area contributed by atoms with E-state index in [1.807, 2.05) is 18.2 Å². The van der Waals surface area contributed by atoms with Gasteiger partial charge in [0, 0.05) is 37.5 Å². The second kappa shape index (κ2) is 8.12. The van der Waals surface area contributed by atoms with Crippen molar-refractivity contribution in [3.05, 3.63) is 42.2 Å². The predicted molar refractivity (Wildman–Crippen MR) is 111 cm³/mol. The van der Waals surface area contributed by atoms with Crippen LogP contribution >= 0.6 is 11.3 Å². The van der Waals surface area contributed by atoms with E-state index in [9.17, 15) is 4.79 Å². The average Bonchev–Trinajstić information content (AvgIpc) is 3.11. The number of nitrogens with zero attached hydrogens (tertiary/aromatic N) is 2. The molecule has 28 heavy (non-hydrogen) atoms. The highest BCUT2D eigenvalue weighted by molar-refractivity contribution is 7.22. The first-order valence-electron chi connectivity index (χ1n) is 9.39. The Balaban J connectivity index is 1.48.